The Hall–Kier alpha value is -2.60. The number of aromatic nitrogens is 3. The Balaban J connectivity index is 1.63. The van der Waals surface area contributed by atoms with E-state index in [1.54, 1.807) is 24.3 Å². The second-order valence-electron chi connectivity index (χ2n) is 5.11. The SMILES string of the molecule is CN(Cc1ccccn1)C(=O)Cc1csc(-c2ccccn2)n1. The van der Waals surface area contributed by atoms with E-state index in [-0.39, 0.29) is 12.3 Å². The summed E-state index contributed by atoms with van der Waals surface area (Å²) in [6.45, 7) is 0.497. The number of hydrogen-bond donors (Lipinski definition) is 0. The molecule has 0 fully saturated rings. The molecule has 0 aromatic carbocycles. The van der Waals surface area contributed by atoms with Crippen molar-refractivity contribution in [2.45, 2.75) is 13.0 Å². The van der Waals surface area contributed by atoms with Crippen molar-refractivity contribution in [2.75, 3.05) is 7.05 Å². The highest BCUT2D eigenvalue weighted by molar-refractivity contribution is 7.13. The van der Waals surface area contributed by atoms with Crippen LogP contribution in [0, 0.1) is 0 Å². The summed E-state index contributed by atoms with van der Waals surface area (Å²) in [6.07, 6.45) is 3.75. The van der Waals surface area contributed by atoms with Crippen molar-refractivity contribution in [3.05, 3.63) is 65.6 Å². The predicted molar refractivity (Wildman–Crippen MR) is 89.8 cm³/mol. The Kier molecular flexibility index (Phi) is 4.73. The van der Waals surface area contributed by atoms with Crippen LogP contribution in [0.4, 0.5) is 0 Å². The number of rotatable bonds is 5. The average Bonchev–Trinajstić information content (AvgIpc) is 3.05. The highest BCUT2D eigenvalue weighted by atomic mass is 32.1. The van der Waals surface area contributed by atoms with Crippen LogP contribution < -0.4 is 0 Å². The number of pyridine rings is 2. The third kappa shape index (κ3) is 3.98. The maximum atomic E-state index is 12.3. The smallest absolute Gasteiger partial charge is 0.228 e. The Morgan fingerprint density at radius 3 is 2.57 bits per heavy atom. The lowest BCUT2D eigenvalue weighted by atomic mass is 10.3. The molecule has 0 bridgehead atoms. The van der Waals surface area contributed by atoms with Crippen molar-refractivity contribution >= 4 is 17.2 Å². The fourth-order valence-corrected chi connectivity index (χ4v) is 2.90. The van der Waals surface area contributed by atoms with E-state index in [2.05, 4.69) is 15.0 Å². The van der Waals surface area contributed by atoms with Gasteiger partial charge in [-0.15, -0.1) is 11.3 Å². The fourth-order valence-electron chi connectivity index (χ4n) is 2.11. The first-order valence-corrected chi connectivity index (χ1v) is 8.10. The number of likely N-dealkylation sites (N-methyl/N-ethyl adjacent to an activating group) is 1. The molecular formula is C17H16N4OS. The van der Waals surface area contributed by atoms with Crippen LogP contribution in [0.2, 0.25) is 0 Å². The van der Waals surface area contributed by atoms with E-state index >= 15 is 0 Å². The summed E-state index contributed by atoms with van der Waals surface area (Å²) in [7, 11) is 1.78. The van der Waals surface area contributed by atoms with Gasteiger partial charge in [0.05, 0.1) is 30.0 Å². The van der Waals surface area contributed by atoms with Gasteiger partial charge in [-0.3, -0.25) is 14.8 Å². The zero-order valence-electron chi connectivity index (χ0n) is 12.7. The summed E-state index contributed by atoms with van der Waals surface area (Å²) in [4.78, 5) is 27.0. The van der Waals surface area contributed by atoms with Gasteiger partial charge in [0.25, 0.3) is 0 Å². The van der Waals surface area contributed by atoms with E-state index in [1.807, 2.05) is 41.8 Å². The molecule has 23 heavy (non-hydrogen) atoms. The molecule has 1 amide bonds. The van der Waals surface area contributed by atoms with Gasteiger partial charge in [-0.05, 0) is 24.3 Å². The second-order valence-corrected chi connectivity index (χ2v) is 5.96. The lowest BCUT2D eigenvalue weighted by Gasteiger charge is -2.15. The molecule has 0 unspecified atom stereocenters. The van der Waals surface area contributed by atoms with Crippen molar-refractivity contribution in [3.8, 4) is 10.7 Å². The number of amides is 1. The summed E-state index contributed by atoms with van der Waals surface area (Å²) in [5, 5.41) is 2.75. The number of hydrogen-bond acceptors (Lipinski definition) is 5. The number of carbonyl (C=O) groups excluding carboxylic acids is 1. The van der Waals surface area contributed by atoms with Crippen LogP contribution in [0.5, 0.6) is 0 Å². The van der Waals surface area contributed by atoms with Crippen LogP contribution >= 0.6 is 11.3 Å². The number of thiazole rings is 1. The topological polar surface area (TPSA) is 59.0 Å². The molecule has 0 aliphatic rings. The molecule has 0 aliphatic carbocycles. The van der Waals surface area contributed by atoms with Crippen molar-refractivity contribution < 1.29 is 4.79 Å². The maximum absolute atomic E-state index is 12.3. The Labute approximate surface area is 138 Å². The quantitative estimate of drug-likeness (QED) is 0.724. The van der Waals surface area contributed by atoms with E-state index in [9.17, 15) is 4.79 Å². The van der Waals surface area contributed by atoms with E-state index in [0.29, 0.717) is 6.54 Å². The number of carbonyl (C=O) groups is 1. The number of nitrogens with zero attached hydrogens (tertiary/aromatic N) is 4. The van der Waals surface area contributed by atoms with Gasteiger partial charge in [-0.1, -0.05) is 12.1 Å². The van der Waals surface area contributed by atoms with Crippen LogP contribution in [0.15, 0.2) is 54.2 Å². The second kappa shape index (κ2) is 7.11. The highest BCUT2D eigenvalue weighted by Crippen LogP contribution is 2.21. The first-order chi connectivity index (χ1) is 11.2. The van der Waals surface area contributed by atoms with E-state index in [1.165, 1.54) is 11.3 Å². The van der Waals surface area contributed by atoms with Crippen molar-refractivity contribution in [2.24, 2.45) is 0 Å². The van der Waals surface area contributed by atoms with Crippen LogP contribution in [-0.4, -0.2) is 32.8 Å². The van der Waals surface area contributed by atoms with Gasteiger partial charge in [-0.25, -0.2) is 4.98 Å². The minimum Gasteiger partial charge on any atom is -0.340 e. The summed E-state index contributed by atoms with van der Waals surface area (Å²) >= 11 is 1.50. The van der Waals surface area contributed by atoms with Crippen molar-refractivity contribution in [1.29, 1.82) is 0 Å². The van der Waals surface area contributed by atoms with Crippen LogP contribution in [0.3, 0.4) is 0 Å². The summed E-state index contributed by atoms with van der Waals surface area (Å²) in [6, 6.07) is 11.4. The van der Waals surface area contributed by atoms with E-state index in [4.69, 9.17) is 0 Å². The zero-order valence-corrected chi connectivity index (χ0v) is 13.5. The monoisotopic (exact) mass is 324 g/mol. The molecule has 0 saturated carbocycles. The molecule has 3 heterocycles. The lowest BCUT2D eigenvalue weighted by Crippen LogP contribution is -2.28. The fraction of sp³-hybridized carbons (Fsp3) is 0.176. The summed E-state index contributed by atoms with van der Waals surface area (Å²) < 4.78 is 0. The van der Waals surface area contributed by atoms with Gasteiger partial charge in [0, 0.05) is 24.8 Å². The molecule has 5 nitrogen and oxygen atoms in total. The third-order valence-electron chi connectivity index (χ3n) is 3.32. The first-order valence-electron chi connectivity index (χ1n) is 7.22. The predicted octanol–water partition coefficient (Wildman–Crippen LogP) is 2.80. The summed E-state index contributed by atoms with van der Waals surface area (Å²) in [5.74, 6) is 0.0218. The van der Waals surface area contributed by atoms with Crippen molar-refractivity contribution in [3.63, 3.8) is 0 Å². The van der Waals surface area contributed by atoms with E-state index in [0.717, 1.165) is 22.1 Å². The van der Waals surface area contributed by atoms with Gasteiger partial charge in [-0.2, -0.15) is 0 Å². The van der Waals surface area contributed by atoms with Gasteiger partial charge < -0.3 is 4.90 Å². The maximum Gasteiger partial charge on any atom is 0.228 e. The molecular weight excluding hydrogens is 308 g/mol. The lowest BCUT2D eigenvalue weighted by molar-refractivity contribution is -0.129. The molecule has 0 aliphatic heterocycles. The normalized spacial score (nSPS) is 10.5. The average molecular weight is 324 g/mol. The Bertz CT molecular complexity index is 774. The molecule has 0 N–H and O–H groups in total. The van der Waals surface area contributed by atoms with Crippen LogP contribution in [0.25, 0.3) is 10.7 Å². The van der Waals surface area contributed by atoms with Crippen LogP contribution in [-0.2, 0) is 17.8 Å². The van der Waals surface area contributed by atoms with E-state index < -0.39 is 0 Å². The standard InChI is InChI=1S/C17H16N4OS/c1-21(11-13-6-2-4-8-18-13)16(22)10-14-12-23-17(20-14)15-7-3-5-9-19-15/h2-9,12H,10-11H2,1H3. The third-order valence-corrected chi connectivity index (χ3v) is 4.23. The molecule has 6 heteroatoms. The summed E-state index contributed by atoms with van der Waals surface area (Å²) in [5.41, 5.74) is 2.47. The Morgan fingerprint density at radius 1 is 1.09 bits per heavy atom. The highest BCUT2D eigenvalue weighted by Gasteiger charge is 2.13. The van der Waals surface area contributed by atoms with Gasteiger partial charge >= 0.3 is 0 Å². The Morgan fingerprint density at radius 2 is 1.87 bits per heavy atom. The molecule has 3 rings (SSSR count). The minimum atomic E-state index is 0.0218. The van der Waals surface area contributed by atoms with Gasteiger partial charge in [0.2, 0.25) is 5.91 Å². The minimum absolute atomic E-state index is 0.0218. The largest absolute Gasteiger partial charge is 0.340 e. The molecule has 0 atom stereocenters. The molecule has 116 valence electrons. The zero-order chi connectivity index (χ0) is 16.1. The van der Waals surface area contributed by atoms with Gasteiger partial charge in [0.1, 0.15) is 5.01 Å². The molecule has 3 aromatic heterocycles. The van der Waals surface area contributed by atoms with Gasteiger partial charge in [0.15, 0.2) is 0 Å². The van der Waals surface area contributed by atoms with Crippen LogP contribution in [0.1, 0.15) is 11.4 Å². The molecule has 0 saturated heterocycles. The molecule has 0 radical (unpaired) electrons. The van der Waals surface area contributed by atoms with Crippen molar-refractivity contribution in [1.82, 2.24) is 19.9 Å². The first kappa shape index (κ1) is 15.3. The molecule has 0 spiro atoms. The molecule has 3 aromatic rings.